The second-order valence-corrected chi connectivity index (χ2v) is 6.73. The van der Waals surface area contributed by atoms with Gasteiger partial charge in [-0.15, -0.1) is 0 Å². The molecule has 6 nitrogen and oxygen atoms in total. The summed E-state index contributed by atoms with van der Waals surface area (Å²) in [5.41, 5.74) is 1.81. The van der Waals surface area contributed by atoms with Crippen molar-refractivity contribution < 1.29 is 14.7 Å². The number of fused-ring (bicyclic) bond motifs is 1. The number of hydrogen-bond acceptors (Lipinski definition) is 3. The number of nitrogens with one attached hydrogen (secondary N) is 1. The molecule has 6 heteroatoms. The van der Waals surface area contributed by atoms with Crippen molar-refractivity contribution >= 4 is 11.9 Å². The molecule has 24 heavy (non-hydrogen) atoms. The van der Waals surface area contributed by atoms with Crippen molar-refractivity contribution in [3.05, 3.63) is 33.2 Å². The number of carbonyl (C=O) groups excluding carboxylic acids is 1. The molecule has 1 aromatic rings. The van der Waals surface area contributed by atoms with Crippen molar-refractivity contribution in [1.82, 2.24) is 9.88 Å². The molecular formula is C18H26N2O4. The van der Waals surface area contributed by atoms with Crippen molar-refractivity contribution in [3.8, 4) is 0 Å². The lowest BCUT2D eigenvalue weighted by Gasteiger charge is -2.19. The zero-order valence-electron chi connectivity index (χ0n) is 14.6. The summed E-state index contributed by atoms with van der Waals surface area (Å²) in [4.78, 5) is 36.6. The van der Waals surface area contributed by atoms with Crippen LogP contribution in [-0.2, 0) is 24.2 Å². The molecule has 1 aliphatic rings. The molecule has 0 unspecified atom stereocenters. The molecular weight excluding hydrogens is 308 g/mol. The van der Waals surface area contributed by atoms with Gasteiger partial charge in [0.1, 0.15) is 11.6 Å². The summed E-state index contributed by atoms with van der Waals surface area (Å²) in [6.45, 7) is 6.11. The number of carboxylic acids is 1. The third kappa shape index (κ3) is 3.68. The van der Waals surface area contributed by atoms with Crippen LogP contribution in [0.2, 0.25) is 0 Å². The number of nitrogens with zero attached hydrogens (tertiary/aromatic N) is 1. The van der Waals surface area contributed by atoms with E-state index in [0.29, 0.717) is 6.54 Å². The molecule has 0 bridgehead atoms. The molecule has 1 heterocycles. The summed E-state index contributed by atoms with van der Waals surface area (Å²) in [5.74, 6) is -1.95. The molecule has 132 valence electrons. The molecule has 0 radical (unpaired) electrons. The molecule has 0 spiro atoms. The Morgan fingerprint density at radius 1 is 1.33 bits per heavy atom. The van der Waals surface area contributed by atoms with Crippen molar-refractivity contribution in [1.29, 1.82) is 0 Å². The van der Waals surface area contributed by atoms with Gasteiger partial charge in [0.15, 0.2) is 0 Å². The second kappa shape index (κ2) is 7.64. The van der Waals surface area contributed by atoms with Crippen LogP contribution >= 0.6 is 0 Å². The molecule has 2 rings (SSSR count). The number of carbonyl (C=O) groups is 2. The van der Waals surface area contributed by atoms with Crippen LogP contribution in [0, 0.1) is 5.92 Å². The van der Waals surface area contributed by atoms with Gasteiger partial charge in [-0.1, -0.05) is 27.2 Å². The van der Waals surface area contributed by atoms with Crippen LogP contribution in [0.4, 0.5) is 0 Å². The Morgan fingerprint density at radius 3 is 2.62 bits per heavy atom. The number of hydrogen-bond donors (Lipinski definition) is 2. The highest BCUT2D eigenvalue weighted by atomic mass is 16.4. The summed E-state index contributed by atoms with van der Waals surface area (Å²) in [7, 11) is 0. The van der Waals surface area contributed by atoms with E-state index >= 15 is 0 Å². The summed E-state index contributed by atoms with van der Waals surface area (Å²) in [6, 6.07) is 0.649. The van der Waals surface area contributed by atoms with Crippen LogP contribution in [0.3, 0.4) is 0 Å². The van der Waals surface area contributed by atoms with Gasteiger partial charge in [0.2, 0.25) is 0 Å². The molecule has 1 atom stereocenters. The van der Waals surface area contributed by atoms with Gasteiger partial charge in [0.05, 0.1) is 0 Å². The highest BCUT2D eigenvalue weighted by molar-refractivity contribution is 5.96. The van der Waals surface area contributed by atoms with Crippen LogP contribution in [0.1, 0.15) is 61.6 Å². The van der Waals surface area contributed by atoms with Gasteiger partial charge in [-0.25, -0.2) is 4.79 Å². The minimum atomic E-state index is -1.09. The number of carboxylic acid groups (broad SMARTS) is 1. The number of amides is 1. The van der Waals surface area contributed by atoms with Crippen LogP contribution in [0.25, 0.3) is 0 Å². The smallest absolute Gasteiger partial charge is 0.326 e. The molecule has 1 amide bonds. The van der Waals surface area contributed by atoms with Crippen LogP contribution in [-0.4, -0.2) is 27.6 Å². The first-order chi connectivity index (χ1) is 11.4. The van der Waals surface area contributed by atoms with Crippen molar-refractivity contribution in [2.75, 3.05) is 0 Å². The van der Waals surface area contributed by atoms with Gasteiger partial charge in [0, 0.05) is 12.2 Å². The summed E-state index contributed by atoms with van der Waals surface area (Å²) >= 11 is 0. The lowest BCUT2D eigenvalue weighted by Crippen LogP contribution is -2.46. The van der Waals surface area contributed by atoms with E-state index in [4.69, 9.17) is 0 Å². The van der Waals surface area contributed by atoms with E-state index in [-0.39, 0.29) is 17.0 Å². The number of rotatable bonds is 7. The average Bonchev–Trinajstić information content (AvgIpc) is 2.98. The molecule has 1 aromatic heterocycles. The normalized spacial score (nSPS) is 14.5. The van der Waals surface area contributed by atoms with Gasteiger partial charge in [0.25, 0.3) is 11.5 Å². The lowest BCUT2D eigenvalue weighted by atomic mass is 10.0. The fraction of sp³-hybridized carbons (Fsp3) is 0.611. The SMILES string of the molecule is CCCCn1c2c(cc(C(=O)N[C@H](C(=O)O)C(C)C)c1=O)CCC2. The summed E-state index contributed by atoms with van der Waals surface area (Å²) < 4.78 is 1.71. The highest BCUT2D eigenvalue weighted by Gasteiger charge is 2.27. The van der Waals surface area contributed by atoms with Gasteiger partial charge < -0.3 is 15.0 Å². The predicted octanol–water partition coefficient (Wildman–Crippen LogP) is 1.98. The Morgan fingerprint density at radius 2 is 2.04 bits per heavy atom. The summed E-state index contributed by atoms with van der Waals surface area (Å²) in [6.07, 6.45) is 4.54. The Labute approximate surface area is 141 Å². The van der Waals surface area contributed by atoms with Crippen molar-refractivity contribution in [2.45, 2.75) is 65.5 Å². The van der Waals surface area contributed by atoms with E-state index in [0.717, 1.165) is 43.4 Å². The minimum Gasteiger partial charge on any atom is -0.480 e. The molecule has 1 aliphatic carbocycles. The fourth-order valence-corrected chi connectivity index (χ4v) is 3.17. The van der Waals surface area contributed by atoms with Crippen molar-refractivity contribution in [3.63, 3.8) is 0 Å². The molecule has 0 fully saturated rings. The minimum absolute atomic E-state index is 0.0543. The number of aromatic nitrogens is 1. The Hall–Kier alpha value is -2.11. The third-order valence-electron chi connectivity index (χ3n) is 4.55. The van der Waals surface area contributed by atoms with Gasteiger partial charge in [-0.3, -0.25) is 9.59 Å². The highest BCUT2D eigenvalue weighted by Crippen LogP contribution is 2.22. The Kier molecular flexibility index (Phi) is 5.80. The van der Waals surface area contributed by atoms with E-state index in [9.17, 15) is 19.5 Å². The van der Waals surface area contributed by atoms with E-state index in [2.05, 4.69) is 12.2 Å². The number of aliphatic carboxylic acids is 1. The third-order valence-corrected chi connectivity index (χ3v) is 4.55. The Bertz CT molecular complexity index is 691. The first kappa shape index (κ1) is 18.2. The first-order valence-corrected chi connectivity index (χ1v) is 8.66. The fourth-order valence-electron chi connectivity index (χ4n) is 3.17. The van der Waals surface area contributed by atoms with E-state index in [1.54, 1.807) is 24.5 Å². The van der Waals surface area contributed by atoms with Crippen LogP contribution in [0.5, 0.6) is 0 Å². The number of unbranched alkanes of at least 4 members (excludes halogenated alkanes) is 1. The average molecular weight is 334 g/mol. The van der Waals surface area contributed by atoms with E-state index in [1.165, 1.54) is 0 Å². The molecule has 0 aliphatic heterocycles. The van der Waals surface area contributed by atoms with E-state index < -0.39 is 17.9 Å². The molecule has 0 saturated heterocycles. The molecule has 0 aromatic carbocycles. The summed E-state index contributed by atoms with van der Waals surface area (Å²) in [5, 5.41) is 11.7. The van der Waals surface area contributed by atoms with E-state index in [1.807, 2.05) is 0 Å². The monoisotopic (exact) mass is 334 g/mol. The largest absolute Gasteiger partial charge is 0.480 e. The quantitative estimate of drug-likeness (QED) is 0.798. The lowest BCUT2D eigenvalue weighted by molar-refractivity contribution is -0.140. The maximum absolute atomic E-state index is 12.8. The van der Waals surface area contributed by atoms with Gasteiger partial charge in [-0.05, 0) is 43.2 Å². The maximum Gasteiger partial charge on any atom is 0.326 e. The number of pyridine rings is 1. The van der Waals surface area contributed by atoms with Crippen molar-refractivity contribution in [2.24, 2.45) is 5.92 Å². The molecule has 2 N–H and O–H groups in total. The van der Waals surface area contributed by atoms with Gasteiger partial charge >= 0.3 is 5.97 Å². The number of aryl methyl sites for hydroxylation is 1. The zero-order chi connectivity index (χ0) is 17.9. The Balaban J connectivity index is 2.38. The predicted molar refractivity (Wildman–Crippen MR) is 91.4 cm³/mol. The topological polar surface area (TPSA) is 88.4 Å². The zero-order valence-corrected chi connectivity index (χ0v) is 14.6. The maximum atomic E-state index is 12.8. The second-order valence-electron chi connectivity index (χ2n) is 6.73. The van der Waals surface area contributed by atoms with Crippen LogP contribution < -0.4 is 10.9 Å². The van der Waals surface area contributed by atoms with Gasteiger partial charge in [-0.2, -0.15) is 0 Å². The first-order valence-electron chi connectivity index (χ1n) is 8.66. The molecule has 0 saturated carbocycles. The standard InChI is InChI=1S/C18H26N2O4/c1-4-5-9-20-14-8-6-7-12(14)10-13(17(20)22)16(21)19-15(11(2)3)18(23)24/h10-11,15H,4-9H2,1-3H3,(H,19,21)(H,23,24)/t15-/m0/s1. The van der Waals surface area contributed by atoms with Crippen LogP contribution in [0.15, 0.2) is 10.9 Å².